The Morgan fingerprint density at radius 2 is 2.24 bits per heavy atom. The highest BCUT2D eigenvalue weighted by molar-refractivity contribution is 7.99. The first kappa shape index (κ1) is 14.6. The van der Waals surface area contributed by atoms with E-state index in [4.69, 9.17) is 10.5 Å². The van der Waals surface area contributed by atoms with Gasteiger partial charge < -0.3 is 15.4 Å². The highest BCUT2D eigenvalue weighted by Crippen LogP contribution is 2.22. The molecule has 5 heteroatoms. The van der Waals surface area contributed by atoms with Gasteiger partial charge >= 0.3 is 6.09 Å². The maximum Gasteiger partial charge on any atom is 0.410 e. The van der Waals surface area contributed by atoms with Crippen molar-refractivity contribution in [1.29, 1.82) is 0 Å². The van der Waals surface area contributed by atoms with Gasteiger partial charge in [-0.1, -0.05) is 0 Å². The highest BCUT2D eigenvalue weighted by Gasteiger charge is 2.29. The van der Waals surface area contributed by atoms with Crippen molar-refractivity contribution in [2.45, 2.75) is 32.8 Å². The summed E-state index contributed by atoms with van der Waals surface area (Å²) in [4.78, 5) is 13.6. The van der Waals surface area contributed by atoms with Gasteiger partial charge in [0, 0.05) is 25.4 Å². The number of rotatable bonds is 4. The molecule has 0 aliphatic carbocycles. The lowest BCUT2D eigenvalue weighted by molar-refractivity contribution is 0.0289. The fourth-order valence-corrected chi connectivity index (χ4v) is 2.73. The van der Waals surface area contributed by atoms with Gasteiger partial charge in [-0.2, -0.15) is 11.8 Å². The van der Waals surface area contributed by atoms with Crippen molar-refractivity contribution < 1.29 is 9.53 Å². The van der Waals surface area contributed by atoms with Crippen molar-refractivity contribution in [3.05, 3.63) is 0 Å². The predicted molar refractivity (Wildman–Crippen MR) is 72.3 cm³/mol. The molecule has 0 radical (unpaired) electrons. The molecule has 1 atom stereocenters. The summed E-state index contributed by atoms with van der Waals surface area (Å²) >= 11 is 1.87. The quantitative estimate of drug-likeness (QED) is 0.785. The minimum Gasteiger partial charge on any atom is -0.444 e. The molecule has 2 N–H and O–H groups in total. The average Bonchev–Trinajstić information content (AvgIpc) is 2.64. The van der Waals surface area contributed by atoms with E-state index in [2.05, 4.69) is 0 Å². The van der Waals surface area contributed by atoms with Gasteiger partial charge in [-0.25, -0.2) is 4.79 Å². The molecule has 1 amide bonds. The Morgan fingerprint density at radius 3 is 2.82 bits per heavy atom. The van der Waals surface area contributed by atoms with Gasteiger partial charge in [-0.15, -0.1) is 0 Å². The maximum absolute atomic E-state index is 11.8. The second kappa shape index (κ2) is 6.50. The summed E-state index contributed by atoms with van der Waals surface area (Å²) in [7, 11) is 0. The van der Waals surface area contributed by atoms with Crippen LogP contribution in [0.15, 0.2) is 0 Å². The number of ether oxygens (including phenoxy) is 1. The standard InChI is InChI=1S/C12H24N2O2S/c1-12(2,3)16-11(15)14-6-4-10(8-14)9-17-7-5-13/h10H,4-9,13H2,1-3H3/t10-/m1/s1. The van der Waals surface area contributed by atoms with Gasteiger partial charge in [0.1, 0.15) is 5.60 Å². The van der Waals surface area contributed by atoms with E-state index in [1.165, 1.54) is 0 Å². The number of hydrogen-bond acceptors (Lipinski definition) is 4. The third-order valence-electron chi connectivity index (χ3n) is 2.55. The molecule has 100 valence electrons. The zero-order valence-corrected chi connectivity index (χ0v) is 11.9. The molecule has 0 saturated carbocycles. The zero-order chi connectivity index (χ0) is 12.9. The predicted octanol–water partition coefficient (Wildman–Crippen LogP) is 1.94. The van der Waals surface area contributed by atoms with Crippen LogP contribution < -0.4 is 5.73 Å². The van der Waals surface area contributed by atoms with Gasteiger partial charge in [-0.05, 0) is 38.9 Å². The van der Waals surface area contributed by atoms with Crippen molar-refractivity contribution in [1.82, 2.24) is 4.90 Å². The van der Waals surface area contributed by atoms with Crippen molar-refractivity contribution in [3.8, 4) is 0 Å². The third kappa shape index (κ3) is 5.64. The Balaban J connectivity index is 2.27. The van der Waals surface area contributed by atoms with Crippen LogP contribution in [-0.4, -0.2) is 47.7 Å². The van der Waals surface area contributed by atoms with Gasteiger partial charge in [0.15, 0.2) is 0 Å². The van der Waals surface area contributed by atoms with E-state index in [-0.39, 0.29) is 6.09 Å². The summed E-state index contributed by atoms with van der Waals surface area (Å²) in [5.74, 6) is 2.69. The number of amides is 1. The molecular weight excluding hydrogens is 236 g/mol. The molecular formula is C12H24N2O2S. The van der Waals surface area contributed by atoms with Crippen LogP contribution in [0.1, 0.15) is 27.2 Å². The molecule has 1 fully saturated rings. The van der Waals surface area contributed by atoms with Gasteiger partial charge in [0.05, 0.1) is 0 Å². The van der Waals surface area contributed by atoms with Crippen LogP contribution in [0.4, 0.5) is 4.79 Å². The summed E-state index contributed by atoms with van der Waals surface area (Å²) in [5, 5.41) is 0. The average molecular weight is 260 g/mol. The second-order valence-electron chi connectivity index (χ2n) is 5.44. The first-order valence-electron chi connectivity index (χ1n) is 6.18. The van der Waals surface area contributed by atoms with Crippen LogP contribution in [0.5, 0.6) is 0 Å². The molecule has 1 rings (SSSR count). The van der Waals surface area contributed by atoms with E-state index in [1.54, 1.807) is 0 Å². The lowest BCUT2D eigenvalue weighted by Gasteiger charge is -2.24. The van der Waals surface area contributed by atoms with Crippen molar-refractivity contribution in [3.63, 3.8) is 0 Å². The van der Waals surface area contributed by atoms with Crippen molar-refractivity contribution in [2.75, 3.05) is 31.1 Å². The Labute approximate surface area is 108 Å². The smallest absolute Gasteiger partial charge is 0.410 e. The summed E-state index contributed by atoms with van der Waals surface area (Å²) in [5.41, 5.74) is 5.05. The topological polar surface area (TPSA) is 55.6 Å². The summed E-state index contributed by atoms with van der Waals surface area (Å²) < 4.78 is 5.36. The lowest BCUT2D eigenvalue weighted by atomic mass is 10.2. The number of likely N-dealkylation sites (tertiary alicyclic amines) is 1. The van der Waals surface area contributed by atoms with Crippen molar-refractivity contribution >= 4 is 17.9 Å². The number of carbonyl (C=O) groups excluding carboxylic acids is 1. The molecule has 4 nitrogen and oxygen atoms in total. The van der Waals surface area contributed by atoms with E-state index in [9.17, 15) is 4.79 Å². The molecule has 0 spiro atoms. The summed E-state index contributed by atoms with van der Waals surface area (Å²) in [6.45, 7) is 8.07. The van der Waals surface area contributed by atoms with Crippen molar-refractivity contribution in [2.24, 2.45) is 11.7 Å². The van der Waals surface area contributed by atoms with Crippen LogP contribution in [0.3, 0.4) is 0 Å². The number of thioether (sulfide) groups is 1. The SMILES string of the molecule is CC(C)(C)OC(=O)N1CC[C@@H](CSCCN)C1. The molecule has 0 unspecified atom stereocenters. The fraction of sp³-hybridized carbons (Fsp3) is 0.917. The fourth-order valence-electron chi connectivity index (χ4n) is 1.79. The van der Waals surface area contributed by atoms with Crippen LogP contribution in [0.2, 0.25) is 0 Å². The Hall–Kier alpha value is -0.420. The minimum absolute atomic E-state index is 0.177. The van der Waals surface area contributed by atoms with Crippen LogP contribution in [0, 0.1) is 5.92 Å². The van der Waals surface area contributed by atoms with Gasteiger partial charge in [-0.3, -0.25) is 0 Å². The number of nitrogens with zero attached hydrogens (tertiary/aromatic N) is 1. The van der Waals surface area contributed by atoms with E-state index < -0.39 is 5.60 Å². The molecule has 1 aliphatic rings. The minimum atomic E-state index is -0.399. The normalized spacial score (nSPS) is 20.7. The van der Waals surface area contributed by atoms with E-state index in [0.717, 1.165) is 37.6 Å². The molecule has 0 aromatic rings. The van der Waals surface area contributed by atoms with Gasteiger partial charge in [0.25, 0.3) is 0 Å². The monoisotopic (exact) mass is 260 g/mol. The van der Waals surface area contributed by atoms with E-state index in [1.807, 2.05) is 37.4 Å². The molecule has 1 saturated heterocycles. The second-order valence-corrected chi connectivity index (χ2v) is 6.59. The lowest BCUT2D eigenvalue weighted by Crippen LogP contribution is -2.35. The molecule has 0 aromatic carbocycles. The first-order valence-corrected chi connectivity index (χ1v) is 7.33. The molecule has 0 aromatic heterocycles. The molecule has 1 aliphatic heterocycles. The van der Waals surface area contributed by atoms with Crippen LogP contribution >= 0.6 is 11.8 Å². The van der Waals surface area contributed by atoms with E-state index in [0.29, 0.717) is 5.92 Å². The molecule has 1 heterocycles. The molecule has 17 heavy (non-hydrogen) atoms. The molecule has 0 bridgehead atoms. The Morgan fingerprint density at radius 1 is 1.53 bits per heavy atom. The van der Waals surface area contributed by atoms with E-state index >= 15 is 0 Å². The van der Waals surface area contributed by atoms with Crippen LogP contribution in [0.25, 0.3) is 0 Å². The largest absolute Gasteiger partial charge is 0.444 e. The first-order chi connectivity index (χ1) is 7.92. The summed E-state index contributed by atoms with van der Waals surface area (Å²) in [6, 6.07) is 0. The number of carbonyl (C=O) groups is 1. The highest BCUT2D eigenvalue weighted by atomic mass is 32.2. The number of nitrogens with two attached hydrogens (primary N) is 1. The zero-order valence-electron chi connectivity index (χ0n) is 11.1. The van der Waals surface area contributed by atoms with Crippen LogP contribution in [-0.2, 0) is 4.74 Å². The summed E-state index contributed by atoms with van der Waals surface area (Å²) in [6.07, 6.45) is 0.903. The third-order valence-corrected chi connectivity index (χ3v) is 3.78. The number of hydrogen-bond donors (Lipinski definition) is 1. The Kier molecular flexibility index (Phi) is 5.59. The van der Waals surface area contributed by atoms with Gasteiger partial charge in [0.2, 0.25) is 0 Å². The Bertz CT molecular complexity index is 253. The maximum atomic E-state index is 11.8.